The lowest BCUT2D eigenvalue weighted by atomic mass is 9.91. The number of piperazine rings is 1. The molecule has 5 rings (SSSR count). The van der Waals surface area contributed by atoms with Crippen molar-refractivity contribution in [3.05, 3.63) is 30.9 Å². The fourth-order valence-corrected chi connectivity index (χ4v) is 4.02. The van der Waals surface area contributed by atoms with Crippen LogP contribution in [-0.2, 0) is 11.8 Å². The molecule has 2 fully saturated rings. The van der Waals surface area contributed by atoms with Crippen molar-refractivity contribution in [1.82, 2.24) is 24.4 Å². The van der Waals surface area contributed by atoms with E-state index in [1.165, 1.54) is 0 Å². The molecule has 0 radical (unpaired) electrons. The summed E-state index contributed by atoms with van der Waals surface area (Å²) < 4.78 is 32.9. The number of amides is 1. The van der Waals surface area contributed by atoms with E-state index in [-0.39, 0.29) is 12.8 Å². The Hall–Kier alpha value is -3.17. The van der Waals surface area contributed by atoms with Crippen LogP contribution in [0, 0.1) is 0 Å². The molecule has 8 nitrogen and oxygen atoms in total. The van der Waals surface area contributed by atoms with Crippen molar-refractivity contribution in [1.29, 1.82) is 0 Å². The van der Waals surface area contributed by atoms with Crippen LogP contribution in [-0.4, -0.2) is 68.7 Å². The van der Waals surface area contributed by atoms with Crippen LogP contribution in [0.3, 0.4) is 0 Å². The lowest BCUT2D eigenvalue weighted by Crippen LogP contribution is -2.51. The lowest BCUT2D eigenvalue weighted by molar-refractivity contribution is -0.147. The molecule has 1 aliphatic heterocycles. The lowest BCUT2D eigenvalue weighted by Gasteiger charge is -2.38. The Morgan fingerprint density at radius 2 is 2.00 bits per heavy atom. The van der Waals surface area contributed by atoms with Crippen LogP contribution in [0.2, 0.25) is 0 Å². The second-order valence-electron chi connectivity index (χ2n) is 7.94. The van der Waals surface area contributed by atoms with Crippen molar-refractivity contribution < 1.29 is 18.3 Å². The number of hydrogen-bond acceptors (Lipinski definition) is 5. The Morgan fingerprint density at radius 1 is 1.23 bits per heavy atom. The van der Waals surface area contributed by atoms with Crippen LogP contribution in [0.25, 0.3) is 22.4 Å². The van der Waals surface area contributed by atoms with Gasteiger partial charge in [0.1, 0.15) is 17.4 Å². The number of imidazole rings is 1. The third-order valence-corrected chi connectivity index (χ3v) is 5.69. The number of aromatic nitrogens is 4. The smallest absolute Gasteiger partial charge is 0.410 e. The summed E-state index contributed by atoms with van der Waals surface area (Å²) in [5.41, 5.74) is 3.55. The number of hydrogen-bond donors (Lipinski definition) is 1. The molecule has 0 bridgehead atoms. The summed E-state index contributed by atoms with van der Waals surface area (Å²) in [7, 11) is 1.92. The quantitative estimate of drug-likeness (QED) is 0.710. The first kappa shape index (κ1) is 18.8. The number of rotatable bonds is 3. The standard InChI is InChI=1S/C20H22F2N6O2/c1-26-11-16(24-12-26)15-8-14-17(2-3-23-18(14)25-15)27-4-6-28(7-5-27)19(29)30-13-9-20(21,22)10-13/h2-3,8,11-13H,4-7,9-10H2,1H3,(H,23,25). The summed E-state index contributed by atoms with van der Waals surface area (Å²) in [6, 6.07) is 4.00. The van der Waals surface area contributed by atoms with Gasteiger partial charge in [-0.1, -0.05) is 0 Å². The molecule has 0 aromatic carbocycles. The first-order valence-corrected chi connectivity index (χ1v) is 9.92. The number of pyridine rings is 1. The van der Waals surface area contributed by atoms with Crippen LogP contribution in [0.15, 0.2) is 30.9 Å². The molecule has 1 N–H and O–H groups in total. The number of H-pyrrole nitrogens is 1. The van der Waals surface area contributed by atoms with Gasteiger partial charge in [0.05, 0.1) is 12.0 Å². The number of carbonyl (C=O) groups excluding carboxylic acids is 1. The number of halogens is 2. The van der Waals surface area contributed by atoms with Gasteiger partial charge < -0.3 is 24.1 Å². The van der Waals surface area contributed by atoms with Gasteiger partial charge in [0.2, 0.25) is 0 Å². The number of aromatic amines is 1. The van der Waals surface area contributed by atoms with Gasteiger partial charge in [0, 0.05) is 69.5 Å². The SMILES string of the molecule is Cn1cnc(-c2cc3c(N4CCN(C(=O)OC5CC(F)(F)C5)CC4)ccnc3[nH]2)c1. The van der Waals surface area contributed by atoms with Gasteiger partial charge in [0.15, 0.2) is 0 Å². The van der Waals surface area contributed by atoms with Crippen LogP contribution in [0.1, 0.15) is 12.8 Å². The van der Waals surface area contributed by atoms with Gasteiger partial charge in [-0.25, -0.2) is 23.5 Å². The van der Waals surface area contributed by atoms with E-state index in [2.05, 4.69) is 19.9 Å². The van der Waals surface area contributed by atoms with Gasteiger partial charge in [-0.2, -0.15) is 0 Å². The van der Waals surface area contributed by atoms with E-state index in [1.807, 2.05) is 29.9 Å². The summed E-state index contributed by atoms with van der Waals surface area (Å²) in [5, 5.41) is 0.992. The van der Waals surface area contributed by atoms with Gasteiger partial charge in [-0.05, 0) is 12.1 Å². The number of fused-ring (bicyclic) bond motifs is 1. The topological polar surface area (TPSA) is 79.3 Å². The Kier molecular flexibility index (Phi) is 4.37. The highest BCUT2D eigenvalue weighted by Crippen LogP contribution is 2.39. The molecular formula is C20H22F2N6O2. The number of carbonyl (C=O) groups is 1. The second kappa shape index (κ2) is 6.96. The van der Waals surface area contributed by atoms with Gasteiger partial charge in [-0.3, -0.25) is 0 Å². The van der Waals surface area contributed by atoms with Gasteiger partial charge >= 0.3 is 6.09 Å². The number of alkyl halides is 2. The molecule has 10 heteroatoms. The van der Waals surface area contributed by atoms with Crippen molar-refractivity contribution in [2.24, 2.45) is 7.05 Å². The van der Waals surface area contributed by atoms with Crippen molar-refractivity contribution in [2.45, 2.75) is 24.9 Å². The highest BCUT2D eigenvalue weighted by Gasteiger charge is 2.48. The minimum Gasteiger partial charge on any atom is -0.446 e. The molecule has 3 aromatic heterocycles. The van der Waals surface area contributed by atoms with Crippen molar-refractivity contribution in [3.8, 4) is 11.4 Å². The molecule has 1 aliphatic carbocycles. The average molecular weight is 416 g/mol. The molecule has 0 unspecified atom stereocenters. The zero-order chi connectivity index (χ0) is 20.9. The summed E-state index contributed by atoms with van der Waals surface area (Å²) >= 11 is 0. The predicted molar refractivity (Wildman–Crippen MR) is 107 cm³/mol. The molecule has 4 heterocycles. The van der Waals surface area contributed by atoms with Crippen LogP contribution in [0.4, 0.5) is 19.3 Å². The number of nitrogens with zero attached hydrogens (tertiary/aromatic N) is 5. The summed E-state index contributed by atoms with van der Waals surface area (Å²) in [6.07, 6.45) is 3.52. The molecule has 0 spiro atoms. The molecule has 158 valence electrons. The molecular weight excluding hydrogens is 394 g/mol. The Balaban J connectivity index is 1.27. The van der Waals surface area contributed by atoms with E-state index in [0.29, 0.717) is 26.2 Å². The van der Waals surface area contributed by atoms with Crippen LogP contribution < -0.4 is 4.90 Å². The average Bonchev–Trinajstić information content (AvgIpc) is 3.32. The molecule has 1 amide bonds. The first-order chi connectivity index (χ1) is 14.4. The van der Waals surface area contributed by atoms with E-state index in [9.17, 15) is 13.6 Å². The number of aryl methyl sites for hydroxylation is 1. The Bertz CT molecular complexity index is 1080. The van der Waals surface area contributed by atoms with Crippen molar-refractivity contribution in [3.63, 3.8) is 0 Å². The summed E-state index contributed by atoms with van der Waals surface area (Å²) in [4.78, 5) is 28.2. The zero-order valence-electron chi connectivity index (χ0n) is 16.5. The minimum absolute atomic E-state index is 0.375. The van der Waals surface area contributed by atoms with E-state index in [0.717, 1.165) is 28.1 Å². The minimum atomic E-state index is -2.69. The fraction of sp³-hybridized carbons (Fsp3) is 0.450. The third kappa shape index (κ3) is 3.46. The Morgan fingerprint density at radius 3 is 2.67 bits per heavy atom. The summed E-state index contributed by atoms with van der Waals surface area (Å²) in [5.74, 6) is -2.69. The monoisotopic (exact) mass is 416 g/mol. The fourth-order valence-electron chi connectivity index (χ4n) is 4.02. The molecule has 1 saturated heterocycles. The summed E-state index contributed by atoms with van der Waals surface area (Å²) in [6.45, 7) is 2.20. The van der Waals surface area contributed by atoms with E-state index < -0.39 is 18.1 Å². The number of anilines is 1. The first-order valence-electron chi connectivity index (χ1n) is 9.92. The van der Waals surface area contributed by atoms with E-state index in [4.69, 9.17) is 4.74 Å². The zero-order valence-corrected chi connectivity index (χ0v) is 16.5. The van der Waals surface area contributed by atoms with Gasteiger partial charge in [-0.15, -0.1) is 0 Å². The predicted octanol–water partition coefficient (Wildman–Crippen LogP) is 3.02. The normalized spacial score (nSPS) is 19.2. The van der Waals surface area contributed by atoms with Gasteiger partial charge in [0.25, 0.3) is 5.92 Å². The number of ether oxygens (including phenoxy) is 1. The highest BCUT2D eigenvalue weighted by molar-refractivity contribution is 5.93. The molecule has 3 aromatic rings. The van der Waals surface area contributed by atoms with E-state index in [1.54, 1.807) is 17.4 Å². The van der Waals surface area contributed by atoms with E-state index >= 15 is 0 Å². The number of nitrogens with one attached hydrogen (secondary N) is 1. The Labute approximate surface area is 171 Å². The maximum Gasteiger partial charge on any atom is 0.410 e. The van der Waals surface area contributed by atoms with Crippen LogP contribution >= 0.6 is 0 Å². The van der Waals surface area contributed by atoms with Crippen molar-refractivity contribution in [2.75, 3.05) is 31.1 Å². The molecule has 30 heavy (non-hydrogen) atoms. The maximum absolute atomic E-state index is 12.9. The maximum atomic E-state index is 12.9. The van der Waals surface area contributed by atoms with Crippen LogP contribution in [0.5, 0.6) is 0 Å². The second-order valence-corrected chi connectivity index (χ2v) is 7.94. The van der Waals surface area contributed by atoms with Crippen molar-refractivity contribution >= 4 is 22.8 Å². The third-order valence-electron chi connectivity index (χ3n) is 5.69. The molecule has 2 aliphatic rings. The largest absolute Gasteiger partial charge is 0.446 e. The molecule has 1 saturated carbocycles. The molecule has 0 atom stereocenters. The highest BCUT2D eigenvalue weighted by atomic mass is 19.3.